The molecule has 0 saturated heterocycles. The normalized spacial score (nSPS) is 14.8. The van der Waals surface area contributed by atoms with Gasteiger partial charge in [0.1, 0.15) is 5.82 Å². The van der Waals surface area contributed by atoms with Crippen molar-refractivity contribution in [2.45, 2.75) is 25.3 Å². The van der Waals surface area contributed by atoms with E-state index in [1.807, 2.05) is 0 Å². The molecule has 19 heavy (non-hydrogen) atoms. The number of rotatable bonds is 5. The molecule has 100 valence electrons. The van der Waals surface area contributed by atoms with Gasteiger partial charge in [0.05, 0.1) is 10.7 Å². The van der Waals surface area contributed by atoms with Gasteiger partial charge in [-0.15, -0.1) is 0 Å². The monoisotopic (exact) mass is 324 g/mol. The van der Waals surface area contributed by atoms with Gasteiger partial charge >= 0.3 is 0 Å². The Morgan fingerprint density at radius 2 is 2.26 bits per heavy atom. The molecular formula is C14H14BrFN2O. The van der Waals surface area contributed by atoms with Crippen LogP contribution in [-0.2, 0) is 6.42 Å². The first-order chi connectivity index (χ1) is 9.22. The Labute approximate surface area is 119 Å². The summed E-state index contributed by atoms with van der Waals surface area (Å²) in [4.78, 5) is 4.25. The highest BCUT2D eigenvalue weighted by atomic mass is 79.9. The number of nitrogens with one attached hydrogen (secondary N) is 1. The maximum Gasteiger partial charge on any atom is 0.196 e. The first-order valence-electron chi connectivity index (χ1n) is 6.36. The number of oxazole rings is 1. The summed E-state index contributed by atoms with van der Waals surface area (Å²) >= 11 is 3.17. The van der Waals surface area contributed by atoms with Gasteiger partial charge in [-0.3, -0.25) is 0 Å². The average Bonchev–Trinajstić information content (AvgIpc) is 3.10. The third kappa shape index (κ3) is 3.22. The van der Waals surface area contributed by atoms with E-state index in [0.717, 1.165) is 18.5 Å². The van der Waals surface area contributed by atoms with Crippen LogP contribution in [0.15, 0.2) is 33.3 Å². The third-order valence-corrected chi connectivity index (χ3v) is 3.71. The lowest BCUT2D eigenvalue weighted by Crippen LogP contribution is -2.19. The predicted molar refractivity (Wildman–Crippen MR) is 74.3 cm³/mol. The number of hydrogen-bond donors (Lipinski definition) is 1. The van der Waals surface area contributed by atoms with E-state index in [0.29, 0.717) is 22.2 Å². The molecule has 1 aromatic heterocycles. The lowest BCUT2D eigenvalue weighted by atomic mass is 10.2. The van der Waals surface area contributed by atoms with Crippen molar-refractivity contribution in [3.63, 3.8) is 0 Å². The zero-order valence-electron chi connectivity index (χ0n) is 10.3. The van der Waals surface area contributed by atoms with E-state index in [1.165, 1.54) is 18.9 Å². The van der Waals surface area contributed by atoms with Crippen molar-refractivity contribution in [1.82, 2.24) is 10.3 Å². The van der Waals surface area contributed by atoms with Gasteiger partial charge in [0.15, 0.2) is 11.7 Å². The fraction of sp³-hybridized carbons (Fsp3) is 0.357. The minimum absolute atomic E-state index is 0.280. The summed E-state index contributed by atoms with van der Waals surface area (Å²) in [5.74, 6) is 1.10. The Balaban J connectivity index is 1.67. The van der Waals surface area contributed by atoms with Gasteiger partial charge in [0, 0.05) is 24.6 Å². The largest absolute Gasteiger partial charge is 0.441 e. The van der Waals surface area contributed by atoms with Gasteiger partial charge < -0.3 is 9.73 Å². The van der Waals surface area contributed by atoms with Crippen LogP contribution in [0.1, 0.15) is 18.7 Å². The van der Waals surface area contributed by atoms with Crippen LogP contribution in [0, 0.1) is 5.82 Å². The van der Waals surface area contributed by atoms with Gasteiger partial charge in [-0.2, -0.15) is 0 Å². The summed E-state index contributed by atoms with van der Waals surface area (Å²) in [5.41, 5.74) is 0.821. The van der Waals surface area contributed by atoms with E-state index in [4.69, 9.17) is 4.42 Å². The van der Waals surface area contributed by atoms with Crippen LogP contribution < -0.4 is 5.32 Å². The Morgan fingerprint density at radius 1 is 1.42 bits per heavy atom. The molecule has 2 aromatic rings. The third-order valence-electron chi connectivity index (χ3n) is 3.11. The van der Waals surface area contributed by atoms with Crippen molar-refractivity contribution in [2.24, 2.45) is 0 Å². The Bertz CT molecular complexity index is 581. The number of hydrogen-bond acceptors (Lipinski definition) is 3. The Kier molecular flexibility index (Phi) is 3.66. The molecule has 0 aliphatic heterocycles. The van der Waals surface area contributed by atoms with Crippen molar-refractivity contribution in [3.8, 4) is 11.3 Å². The maximum absolute atomic E-state index is 13.2. The molecule has 1 N–H and O–H groups in total. The smallest absolute Gasteiger partial charge is 0.196 e. The minimum Gasteiger partial charge on any atom is -0.441 e. The fourth-order valence-corrected chi connectivity index (χ4v) is 2.26. The summed E-state index contributed by atoms with van der Waals surface area (Å²) in [7, 11) is 0. The van der Waals surface area contributed by atoms with Crippen molar-refractivity contribution >= 4 is 15.9 Å². The van der Waals surface area contributed by atoms with Gasteiger partial charge in [-0.1, -0.05) is 0 Å². The SMILES string of the molecule is Fc1ccc(-c2cnc(CCNC3CC3)o2)cc1Br. The van der Waals surface area contributed by atoms with Crippen molar-refractivity contribution in [1.29, 1.82) is 0 Å². The summed E-state index contributed by atoms with van der Waals surface area (Å²) in [6, 6.07) is 5.49. The van der Waals surface area contributed by atoms with E-state index in [9.17, 15) is 4.39 Å². The first kappa shape index (κ1) is 12.8. The van der Waals surface area contributed by atoms with Crippen molar-refractivity contribution in [2.75, 3.05) is 6.54 Å². The molecule has 0 radical (unpaired) electrons. The molecular weight excluding hydrogens is 311 g/mol. The molecule has 0 bridgehead atoms. The molecule has 1 aliphatic rings. The van der Waals surface area contributed by atoms with Crippen molar-refractivity contribution in [3.05, 3.63) is 40.6 Å². The second kappa shape index (κ2) is 5.43. The number of nitrogens with zero attached hydrogens (tertiary/aromatic N) is 1. The molecule has 5 heteroatoms. The molecule has 3 rings (SSSR count). The van der Waals surface area contributed by atoms with E-state index < -0.39 is 0 Å². The lowest BCUT2D eigenvalue weighted by Gasteiger charge is -2.00. The second-order valence-corrected chi connectivity index (χ2v) is 5.58. The summed E-state index contributed by atoms with van der Waals surface area (Å²) in [5, 5.41) is 3.41. The summed E-state index contributed by atoms with van der Waals surface area (Å²) < 4.78 is 19.3. The lowest BCUT2D eigenvalue weighted by molar-refractivity contribution is 0.494. The molecule has 1 heterocycles. The van der Waals surface area contributed by atoms with Gasteiger partial charge in [-0.25, -0.2) is 9.37 Å². The molecule has 0 amide bonds. The summed E-state index contributed by atoms with van der Waals surface area (Å²) in [6.07, 6.45) is 5.02. The van der Waals surface area contributed by atoms with E-state index in [1.54, 1.807) is 18.3 Å². The highest BCUT2D eigenvalue weighted by molar-refractivity contribution is 9.10. The van der Waals surface area contributed by atoms with Crippen LogP contribution in [0.25, 0.3) is 11.3 Å². The highest BCUT2D eigenvalue weighted by Crippen LogP contribution is 2.26. The molecule has 1 saturated carbocycles. The first-order valence-corrected chi connectivity index (χ1v) is 7.15. The van der Waals surface area contributed by atoms with E-state index >= 15 is 0 Å². The second-order valence-electron chi connectivity index (χ2n) is 4.73. The molecule has 0 unspecified atom stereocenters. The predicted octanol–water partition coefficient (Wildman–Crippen LogP) is 3.54. The zero-order chi connectivity index (χ0) is 13.2. The molecule has 1 fully saturated rings. The number of benzene rings is 1. The van der Waals surface area contributed by atoms with E-state index in [2.05, 4.69) is 26.2 Å². The highest BCUT2D eigenvalue weighted by Gasteiger charge is 2.20. The zero-order valence-corrected chi connectivity index (χ0v) is 11.9. The van der Waals surface area contributed by atoms with Gasteiger partial charge in [0.2, 0.25) is 0 Å². The van der Waals surface area contributed by atoms with Gasteiger partial charge in [-0.05, 0) is 47.0 Å². The average molecular weight is 325 g/mol. The van der Waals surface area contributed by atoms with Crippen LogP contribution in [0.4, 0.5) is 4.39 Å². The van der Waals surface area contributed by atoms with Gasteiger partial charge in [0.25, 0.3) is 0 Å². The quantitative estimate of drug-likeness (QED) is 0.914. The standard InChI is InChI=1S/C14H14BrFN2O/c15-11-7-9(1-4-12(11)16)13-8-18-14(19-13)5-6-17-10-2-3-10/h1,4,7-8,10,17H,2-3,5-6H2. The van der Waals surface area contributed by atoms with Crippen LogP contribution >= 0.6 is 15.9 Å². The molecule has 0 atom stereocenters. The van der Waals surface area contributed by atoms with Crippen LogP contribution in [0.2, 0.25) is 0 Å². The maximum atomic E-state index is 13.2. The fourth-order valence-electron chi connectivity index (χ4n) is 1.88. The van der Waals surface area contributed by atoms with E-state index in [-0.39, 0.29) is 5.82 Å². The number of aromatic nitrogens is 1. The summed E-state index contributed by atoms with van der Waals surface area (Å²) in [6.45, 7) is 0.887. The van der Waals surface area contributed by atoms with Crippen LogP contribution in [-0.4, -0.2) is 17.6 Å². The Hall–Kier alpha value is -1.20. The molecule has 0 spiro atoms. The topological polar surface area (TPSA) is 38.1 Å². The van der Waals surface area contributed by atoms with Crippen molar-refractivity contribution < 1.29 is 8.81 Å². The van der Waals surface area contributed by atoms with Crippen LogP contribution in [0.3, 0.4) is 0 Å². The molecule has 3 nitrogen and oxygen atoms in total. The van der Waals surface area contributed by atoms with Crippen LogP contribution in [0.5, 0.6) is 0 Å². The minimum atomic E-state index is -0.280. The molecule has 1 aliphatic carbocycles. The molecule has 1 aromatic carbocycles. The Morgan fingerprint density at radius 3 is 3.00 bits per heavy atom. The number of halogens is 2.